The summed E-state index contributed by atoms with van der Waals surface area (Å²) < 4.78 is 13.3. The van der Waals surface area contributed by atoms with Gasteiger partial charge in [-0.05, 0) is 29.3 Å². The molecule has 8 heteroatoms. The first kappa shape index (κ1) is 21.5. The summed E-state index contributed by atoms with van der Waals surface area (Å²) >= 11 is 5.74. The molecule has 0 saturated carbocycles. The molecule has 0 radical (unpaired) electrons. The number of rotatable bonds is 6. The Labute approximate surface area is 189 Å². The van der Waals surface area contributed by atoms with Crippen molar-refractivity contribution in [2.75, 3.05) is 11.9 Å². The highest BCUT2D eigenvalue weighted by Gasteiger charge is 2.52. The van der Waals surface area contributed by atoms with Crippen molar-refractivity contribution in [1.82, 2.24) is 10.2 Å². The van der Waals surface area contributed by atoms with Gasteiger partial charge in [-0.2, -0.15) is 0 Å². The van der Waals surface area contributed by atoms with Crippen molar-refractivity contribution < 1.29 is 18.8 Å². The zero-order chi connectivity index (χ0) is 22.7. The van der Waals surface area contributed by atoms with Crippen LogP contribution in [0.4, 0.5) is 14.9 Å². The second-order valence-corrected chi connectivity index (χ2v) is 7.84. The third-order valence-electron chi connectivity index (χ3n) is 5.26. The monoisotopic (exact) mass is 451 g/mol. The predicted octanol–water partition coefficient (Wildman–Crippen LogP) is 4.11. The molecule has 3 aromatic rings. The van der Waals surface area contributed by atoms with Crippen molar-refractivity contribution in [3.05, 3.63) is 101 Å². The predicted molar refractivity (Wildman–Crippen MR) is 119 cm³/mol. The molecule has 2 N–H and O–H groups in total. The molecule has 0 bridgehead atoms. The van der Waals surface area contributed by atoms with Gasteiger partial charge in [-0.3, -0.25) is 14.5 Å². The molecule has 1 atom stereocenters. The smallest absolute Gasteiger partial charge is 0.324 e. The molecule has 0 spiro atoms. The number of amides is 4. The zero-order valence-electron chi connectivity index (χ0n) is 16.8. The van der Waals surface area contributed by atoms with E-state index < -0.39 is 35.7 Å². The molecule has 0 aliphatic carbocycles. The lowest BCUT2D eigenvalue weighted by molar-refractivity contribution is -0.134. The van der Waals surface area contributed by atoms with Crippen LogP contribution in [-0.2, 0) is 21.5 Å². The van der Waals surface area contributed by atoms with E-state index in [9.17, 15) is 18.8 Å². The number of nitrogens with one attached hydrogen (secondary N) is 2. The summed E-state index contributed by atoms with van der Waals surface area (Å²) in [5.74, 6) is -1.75. The van der Waals surface area contributed by atoms with Crippen LogP contribution in [0.25, 0.3) is 0 Å². The van der Waals surface area contributed by atoms with Crippen LogP contribution in [-0.4, -0.2) is 29.3 Å². The minimum absolute atomic E-state index is 0.149. The van der Waals surface area contributed by atoms with E-state index in [1.54, 1.807) is 24.3 Å². The molecule has 0 aromatic heterocycles. The zero-order valence-corrected chi connectivity index (χ0v) is 17.6. The number of benzene rings is 3. The minimum Gasteiger partial charge on any atom is -0.324 e. The van der Waals surface area contributed by atoms with Crippen molar-refractivity contribution in [3.63, 3.8) is 0 Å². The van der Waals surface area contributed by atoms with Gasteiger partial charge in [0.2, 0.25) is 5.91 Å². The summed E-state index contributed by atoms with van der Waals surface area (Å²) in [6, 6.07) is 21.3. The van der Waals surface area contributed by atoms with Crippen molar-refractivity contribution in [2.24, 2.45) is 0 Å². The molecule has 1 aliphatic rings. The van der Waals surface area contributed by atoms with Crippen LogP contribution in [0.5, 0.6) is 0 Å². The second-order valence-electron chi connectivity index (χ2n) is 7.43. The fourth-order valence-corrected chi connectivity index (χ4v) is 3.91. The highest BCUT2D eigenvalue weighted by Crippen LogP contribution is 2.33. The van der Waals surface area contributed by atoms with Gasteiger partial charge in [0.1, 0.15) is 12.4 Å². The molecule has 162 valence electrons. The molecule has 1 heterocycles. The van der Waals surface area contributed by atoms with Crippen molar-refractivity contribution in [2.45, 2.75) is 12.0 Å². The largest absolute Gasteiger partial charge is 0.325 e. The molecule has 4 rings (SSSR count). The van der Waals surface area contributed by atoms with E-state index in [-0.39, 0.29) is 17.1 Å². The maximum Gasteiger partial charge on any atom is 0.325 e. The van der Waals surface area contributed by atoms with Crippen LogP contribution in [0.15, 0.2) is 78.9 Å². The number of urea groups is 1. The van der Waals surface area contributed by atoms with Gasteiger partial charge in [-0.15, -0.1) is 0 Å². The lowest BCUT2D eigenvalue weighted by Crippen LogP contribution is -2.46. The van der Waals surface area contributed by atoms with E-state index in [4.69, 9.17) is 11.6 Å². The summed E-state index contributed by atoms with van der Waals surface area (Å²) in [5.41, 5.74) is 0.402. The van der Waals surface area contributed by atoms with Crippen LogP contribution in [0.1, 0.15) is 11.1 Å². The number of imide groups is 1. The molecule has 32 heavy (non-hydrogen) atoms. The number of hydrogen-bond donors (Lipinski definition) is 2. The van der Waals surface area contributed by atoms with Gasteiger partial charge >= 0.3 is 6.03 Å². The number of anilines is 1. The number of carbonyl (C=O) groups is 3. The summed E-state index contributed by atoms with van der Waals surface area (Å²) in [4.78, 5) is 39.7. The lowest BCUT2D eigenvalue weighted by Gasteiger charge is -2.27. The molecule has 4 amide bonds. The van der Waals surface area contributed by atoms with Crippen LogP contribution in [0, 0.1) is 5.82 Å². The van der Waals surface area contributed by atoms with Crippen LogP contribution >= 0.6 is 11.6 Å². The van der Waals surface area contributed by atoms with Gasteiger partial charge in [-0.25, -0.2) is 9.18 Å². The minimum atomic E-state index is -1.33. The van der Waals surface area contributed by atoms with E-state index in [1.807, 2.05) is 36.4 Å². The third kappa shape index (κ3) is 4.20. The molecule has 3 aromatic carbocycles. The summed E-state index contributed by atoms with van der Waals surface area (Å²) in [6.07, 6.45) is 0.230. The standard InChI is InChI=1S/C24H19ClFN3O3/c25-19-13-18(11-12-20(19)26)27-21(30)15-29-22(31)24(28-23(29)32,17-9-5-2-6-10-17)14-16-7-3-1-4-8-16/h1-13H,14-15H2,(H,27,30)(H,28,32). The Morgan fingerprint density at radius 1 is 1.00 bits per heavy atom. The fourth-order valence-electron chi connectivity index (χ4n) is 3.73. The van der Waals surface area contributed by atoms with Gasteiger partial charge in [0, 0.05) is 12.1 Å². The van der Waals surface area contributed by atoms with E-state index in [1.165, 1.54) is 12.1 Å². The quantitative estimate of drug-likeness (QED) is 0.554. The Bertz CT molecular complexity index is 1170. The van der Waals surface area contributed by atoms with E-state index in [0.717, 1.165) is 16.5 Å². The summed E-state index contributed by atoms with van der Waals surface area (Å²) in [7, 11) is 0. The first-order valence-corrected chi connectivity index (χ1v) is 10.3. The van der Waals surface area contributed by atoms with Crippen molar-refractivity contribution in [3.8, 4) is 0 Å². The van der Waals surface area contributed by atoms with E-state index in [0.29, 0.717) is 5.56 Å². The van der Waals surface area contributed by atoms with Crippen LogP contribution < -0.4 is 10.6 Å². The Morgan fingerprint density at radius 2 is 1.66 bits per heavy atom. The molecule has 1 saturated heterocycles. The Balaban J connectivity index is 1.59. The SMILES string of the molecule is O=C(CN1C(=O)NC(Cc2ccccc2)(c2ccccc2)C1=O)Nc1ccc(F)c(Cl)c1. The third-order valence-corrected chi connectivity index (χ3v) is 5.55. The van der Waals surface area contributed by atoms with Gasteiger partial charge in [-0.1, -0.05) is 72.3 Å². The molecule has 1 unspecified atom stereocenters. The highest BCUT2D eigenvalue weighted by atomic mass is 35.5. The van der Waals surface area contributed by atoms with Gasteiger partial charge in [0.25, 0.3) is 5.91 Å². The molecular weight excluding hydrogens is 433 g/mol. The molecular formula is C24H19ClFN3O3. The first-order chi connectivity index (χ1) is 15.4. The second kappa shape index (κ2) is 8.80. The summed E-state index contributed by atoms with van der Waals surface area (Å²) in [5, 5.41) is 5.19. The number of carbonyl (C=O) groups excluding carboxylic acids is 3. The van der Waals surface area contributed by atoms with Crippen LogP contribution in [0.3, 0.4) is 0 Å². The number of nitrogens with zero attached hydrogens (tertiary/aromatic N) is 1. The topological polar surface area (TPSA) is 78.5 Å². The van der Waals surface area contributed by atoms with Gasteiger partial charge < -0.3 is 10.6 Å². The average Bonchev–Trinajstić information content (AvgIpc) is 3.02. The maximum absolute atomic E-state index is 13.5. The van der Waals surface area contributed by atoms with E-state index in [2.05, 4.69) is 10.6 Å². The Kier molecular flexibility index (Phi) is 5.92. The normalized spacial score (nSPS) is 17.9. The Morgan fingerprint density at radius 3 is 2.31 bits per heavy atom. The lowest BCUT2D eigenvalue weighted by atomic mass is 9.83. The van der Waals surface area contributed by atoms with Crippen molar-refractivity contribution in [1.29, 1.82) is 0 Å². The fraction of sp³-hybridized carbons (Fsp3) is 0.125. The number of hydrogen-bond acceptors (Lipinski definition) is 3. The first-order valence-electron chi connectivity index (χ1n) is 9.87. The highest BCUT2D eigenvalue weighted by molar-refractivity contribution is 6.31. The van der Waals surface area contributed by atoms with Gasteiger partial charge in [0.15, 0.2) is 5.54 Å². The molecule has 1 fully saturated rings. The van der Waals surface area contributed by atoms with Crippen molar-refractivity contribution >= 4 is 35.1 Å². The van der Waals surface area contributed by atoms with E-state index >= 15 is 0 Å². The average molecular weight is 452 g/mol. The molecule has 1 aliphatic heterocycles. The van der Waals surface area contributed by atoms with Crippen LogP contribution in [0.2, 0.25) is 5.02 Å². The number of halogens is 2. The Hall–Kier alpha value is -3.71. The summed E-state index contributed by atoms with van der Waals surface area (Å²) in [6.45, 7) is -0.497. The van der Waals surface area contributed by atoms with Gasteiger partial charge in [0.05, 0.1) is 5.02 Å². The maximum atomic E-state index is 13.5. The molecule has 6 nitrogen and oxygen atoms in total.